The van der Waals surface area contributed by atoms with Crippen LogP contribution in [-0.2, 0) is 0 Å². The minimum Gasteiger partial charge on any atom is -0.315 e. The molecule has 0 heterocycles. The average molecular weight is 226 g/mol. The summed E-state index contributed by atoms with van der Waals surface area (Å²) < 4.78 is 0. The first-order valence-corrected chi connectivity index (χ1v) is 7.07. The molecule has 0 amide bonds. The lowest BCUT2D eigenvalue weighted by Gasteiger charge is -2.24. The molecule has 0 unspecified atom stereocenters. The third kappa shape index (κ3) is 6.49. The Morgan fingerprint density at radius 1 is 1.12 bits per heavy atom. The van der Waals surface area contributed by atoms with Crippen molar-refractivity contribution in [2.45, 2.75) is 65.5 Å². The lowest BCUT2D eigenvalue weighted by atomic mass is 10.2. The maximum Gasteiger partial charge on any atom is 0.00965 e. The molecule has 0 atom stereocenters. The highest BCUT2D eigenvalue weighted by molar-refractivity contribution is 4.84. The van der Waals surface area contributed by atoms with Crippen LogP contribution in [0, 0.1) is 5.92 Å². The quantitative estimate of drug-likeness (QED) is 0.608. The molecule has 1 saturated carbocycles. The molecule has 0 aromatic heterocycles. The highest BCUT2D eigenvalue weighted by atomic mass is 15.2. The van der Waals surface area contributed by atoms with E-state index in [2.05, 4.69) is 37.9 Å². The van der Waals surface area contributed by atoms with Gasteiger partial charge in [-0.15, -0.1) is 0 Å². The molecule has 0 radical (unpaired) electrons. The van der Waals surface area contributed by atoms with E-state index in [4.69, 9.17) is 0 Å². The Balaban J connectivity index is 2.03. The summed E-state index contributed by atoms with van der Waals surface area (Å²) in [5, 5.41) is 3.49. The van der Waals surface area contributed by atoms with Crippen LogP contribution in [0.2, 0.25) is 0 Å². The van der Waals surface area contributed by atoms with Crippen LogP contribution in [0.25, 0.3) is 0 Å². The zero-order valence-electron chi connectivity index (χ0n) is 11.6. The Morgan fingerprint density at radius 2 is 1.81 bits per heavy atom. The van der Waals surface area contributed by atoms with E-state index < -0.39 is 0 Å². The second-order valence-corrected chi connectivity index (χ2v) is 5.94. The van der Waals surface area contributed by atoms with Gasteiger partial charge >= 0.3 is 0 Å². The molecule has 1 aliphatic carbocycles. The van der Waals surface area contributed by atoms with Crippen LogP contribution in [0.3, 0.4) is 0 Å². The lowest BCUT2D eigenvalue weighted by molar-refractivity contribution is 0.229. The van der Waals surface area contributed by atoms with Crippen molar-refractivity contribution in [1.82, 2.24) is 10.2 Å². The molecular weight excluding hydrogens is 196 g/mol. The number of hydrogen-bond donors (Lipinski definition) is 1. The summed E-state index contributed by atoms with van der Waals surface area (Å²) in [5.74, 6) is 0.814. The molecule has 0 aromatic rings. The Morgan fingerprint density at radius 3 is 2.31 bits per heavy atom. The van der Waals surface area contributed by atoms with Crippen LogP contribution in [0.5, 0.6) is 0 Å². The molecule has 1 aliphatic rings. The van der Waals surface area contributed by atoms with Crippen molar-refractivity contribution in [3.05, 3.63) is 0 Å². The van der Waals surface area contributed by atoms with E-state index in [-0.39, 0.29) is 0 Å². The minimum atomic E-state index is 0.634. The normalized spacial score (nSPS) is 16.7. The van der Waals surface area contributed by atoms with Gasteiger partial charge in [-0.05, 0) is 44.7 Å². The first-order valence-electron chi connectivity index (χ1n) is 7.07. The average Bonchev–Trinajstić information content (AvgIpc) is 2.97. The number of unbranched alkanes of at least 4 members (excludes halogenated alkanes) is 1. The molecule has 96 valence electrons. The number of nitrogens with one attached hydrogen (secondary N) is 1. The fourth-order valence-electron chi connectivity index (χ4n) is 2.16. The van der Waals surface area contributed by atoms with E-state index in [9.17, 15) is 0 Å². The van der Waals surface area contributed by atoms with Gasteiger partial charge < -0.3 is 10.2 Å². The van der Waals surface area contributed by atoms with Gasteiger partial charge in [0.1, 0.15) is 0 Å². The Bertz CT molecular complexity index is 174. The summed E-state index contributed by atoms with van der Waals surface area (Å²) in [5.41, 5.74) is 0. The predicted octanol–water partition coefficient (Wildman–Crippen LogP) is 2.89. The molecule has 2 heteroatoms. The standard InChI is InChI=1S/C14H30N2/c1-12(2)11-16(14-7-8-14)10-6-5-9-15-13(3)4/h12-15H,5-11H2,1-4H3. The van der Waals surface area contributed by atoms with Crippen molar-refractivity contribution >= 4 is 0 Å². The molecule has 0 aromatic carbocycles. The van der Waals surface area contributed by atoms with Gasteiger partial charge in [0.25, 0.3) is 0 Å². The van der Waals surface area contributed by atoms with E-state index in [0.717, 1.165) is 12.0 Å². The summed E-state index contributed by atoms with van der Waals surface area (Å²) in [7, 11) is 0. The molecule has 1 rings (SSSR count). The van der Waals surface area contributed by atoms with Gasteiger partial charge in [-0.1, -0.05) is 27.7 Å². The van der Waals surface area contributed by atoms with Crippen molar-refractivity contribution < 1.29 is 0 Å². The van der Waals surface area contributed by atoms with E-state index in [0.29, 0.717) is 6.04 Å². The van der Waals surface area contributed by atoms with Gasteiger partial charge in [0.2, 0.25) is 0 Å². The number of rotatable bonds is 9. The van der Waals surface area contributed by atoms with Crippen LogP contribution >= 0.6 is 0 Å². The smallest absolute Gasteiger partial charge is 0.00965 e. The topological polar surface area (TPSA) is 15.3 Å². The molecule has 0 saturated heterocycles. The number of nitrogens with zero attached hydrogens (tertiary/aromatic N) is 1. The maximum atomic E-state index is 3.49. The summed E-state index contributed by atoms with van der Waals surface area (Å²) >= 11 is 0. The highest BCUT2D eigenvalue weighted by Crippen LogP contribution is 2.27. The zero-order valence-corrected chi connectivity index (χ0v) is 11.6. The van der Waals surface area contributed by atoms with E-state index in [1.165, 1.54) is 45.3 Å². The molecule has 0 bridgehead atoms. The Hall–Kier alpha value is -0.0800. The third-order valence-corrected chi connectivity index (χ3v) is 3.09. The van der Waals surface area contributed by atoms with Crippen molar-refractivity contribution in [3.63, 3.8) is 0 Å². The summed E-state index contributed by atoms with van der Waals surface area (Å²) in [4.78, 5) is 2.71. The van der Waals surface area contributed by atoms with Gasteiger partial charge in [0.15, 0.2) is 0 Å². The van der Waals surface area contributed by atoms with Crippen LogP contribution < -0.4 is 5.32 Å². The van der Waals surface area contributed by atoms with Gasteiger partial charge in [-0.2, -0.15) is 0 Å². The molecule has 0 spiro atoms. The maximum absolute atomic E-state index is 3.49. The Labute approximate surface area is 102 Å². The fourth-order valence-corrected chi connectivity index (χ4v) is 2.16. The molecule has 0 aliphatic heterocycles. The highest BCUT2D eigenvalue weighted by Gasteiger charge is 2.28. The first kappa shape index (κ1) is 14.0. The van der Waals surface area contributed by atoms with E-state index >= 15 is 0 Å². The lowest BCUT2D eigenvalue weighted by Crippen LogP contribution is -2.31. The largest absolute Gasteiger partial charge is 0.315 e. The zero-order chi connectivity index (χ0) is 12.0. The minimum absolute atomic E-state index is 0.634. The van der Waals surface area contributed by atoms with E-state index in [1.807, 2.05) is 0 Å². The van der Waals surface area contributed by atoms with Crippen molar-refractivity contribution in [3.8, 4) is 0 Å². The van der Waals surface area contributed by atoms with Crippen molar-refractivity contribution in [1.29, 1.82) is 0 Å². The monoisotopic (exact) mass is 226 g/mol. The van der Waals surface area contributed by atoms with Gasteiger partial charge in [0.05, 0.1) is 0 Å². The second-order valence-electron chi connectivity index (χ2n) is 5.94. The van der Waals surface area contributed by atoms with Gasteiger partial charge in [-0.25, -0.2) is 0 Å². The third-order valence-electron chi connectivity index (χ3n) is 3.09. The van der Waals surface area contributed by atoms with Crippen LogP contribution in [0.4, 0.5) is 0 Å². The molecule has 1 fully saturated rings. The fraction of sp³-hybridized carbons (Fsp3) is 1.00. The summed E-state index contributed by atoms with van der Waals surface area (Å²) in [6.45, 7) is 12.9. The number of hydrogen-bond acceptors (Lipinski definition) is 2. The van der Waals surface area contributed by atoms with Crippen molar-refractivity contribution in [2.24, 2.45) is 5.92 Å². The molecular formula is C14H30N2. The second kappa shape index (κ2) is 7.29. The summed E-state index contributed by atoms with van der Waals surface area (Å²) in [6, 6.07) is 1.57. The van der Waals surface area contributed by atoms with Crippen molar-refractivity contribution in [2.75, 3.05) is 19.6 Å². The summed E-state index contributed by atoms with van der Waals surface area (Å²) in [6.07, 6.45) is 5.55. The first-order chi connectivity index (χ1) is 7.59. The molecule has 16 heavy (non-hydrogen) atoms. The van der Waals surface area contributed by atoms with Crippen LogP contribution in [0.1, 0.15) is 53.4 Å². The van der Waals surface area contributed by atoms with E-state index in [1.54, 1.807) is 0 Å². The predicted molar refractivity (Wildman–Crippen MR) is 71.8 cm³/mol. The van der Waals surface area contributed by atoms with Crippen LogP contribution in [-0.4, -0.2) is 36.6 Å². The SMILES string of the molecule is CC(C)CN(CCCCNC(C)C)C1CC1. The Kier molecular flexibility index (Phi) is 6.37. The molecule has 2 nitrogen and oxygen atoms in total. The van der Waals surface area contributed by atoms with Gasteiger partial charge in [-0.3, -0.25) is 0 Å². The van der Waals surface area contributed by atoms with Crippen LogP contribution in [0.15, 0.2) is 0 Å². The van der Waals surface area contributed by atoms with Gasteiger partial charge in [0, 0.05) is 18.6 Å². The molecule has 1 N–H and O–H groups in total.